The van der Waals surface area contributed by atoms with Crippen LogP contribution in [-0.4, -0.2) is 63.7 Å². The van der Waals surface area contributed by atoms with Gasteiger partial charge in [0.05, 0.1) is 6.04 Å². The van der Waals surface area contributed by atoms with E-state index in [1.165, 1.54) is 0 Å². The van der Waals surface area contributed by atoms with E-state index in [9.17, 15) is 24.6 Å². The molecular weight excluding hydrogens is 460 g/mol. The van der Waals surface area contributed by atoms with E-state index in [1.807, 2.05) is 44.2 Å². The summed E-state index contributed by atoms with van der Waals surface area (Å²) in [6.07, 6.45) is -0.676. The van der Waals surface area contributed by atoms with Gasteiger partial charge in [-0.3, -0.25) is 14.5 Å². The molecule has 0 aromatic heterocycles. The number of amides is 3. The maximum Gasteiger partial charge on any atom is 0.408 e. The summed E-state index contributed by atoms with van der Waals surface area (Å²) in [6, 6.07) is 10.9. The Morgan fingerprint density at radius 3 is 1.97 bits per heavy atom. The predicted octanol–water partition coefficient (Wildman–Crippen LogP) is 2.50. The largest absolute Gasteiger partial charge is 0.508 e. The molecule has 196 valence electrons. The fraction of sp³-hybridized carbons (Fsp3) is 0.444. The van der Waals surface area contributed by atoms with Crippen LogP contribution in [0.1, 0.15) is 43.0 Å². The summed E-state index contributed by atoms with van der Waals surface area (Å²) in [7, 11) is 0. The molecule has 0 saturated carbocycles. The Morgan fingerprint density at radius 2 is 1.47 bits per heavy atom. The molecule has 0 fully saturated rings. The minimum atomic E-state index is -1.21. The third-order valence-corrected chi connectivity index (χ3v) is 5.98. The molecule has 36 heavy (non-hydrogen) atoms. The van der Waals surface area contributed by atoms with Crippen LogP contribution in [0.3, 0.4) is 0 Å². The first-order valence-electron chi connectivity index (χ1n) is 12.0. The Labute approximate surface area is 212 Å². The Bertz CT molecular complexity index is 1040. The Hall–Kier alpha value is -3.59. The number of carbonyl (C=O) groups is 3. The number of nitrogens with one attached hydrogen (secondary N) is 2. The highest BCUT2D eigenvalue weighted by atomic mass is 16.4. The van der Waals surface area contributed by atoms with Gasteiger partial charge >= 0.3 is 6.09 Å². The van der Waals surface area contributed by atoms with Gasteiger partial charge in [-0.15, -0.1) is 0 Å². The van der Waals surface area contributed by atoms with Crippen molar-refractivity contribution < 1.29 is 24.6 Å². The first-order chi connectivity index (χ1) is 16.8. The summed E-state index contributed by atoms with van der Waals surface area (Å²) in [5.74, 6) is -0.689. The summed E-state index contributed by atoms with van der Waals surface area (Å²) in [5.41, 5.74) is 8.44. The summed E-state index contributed by atoms with van der Waals surface area (Å²) in [5, 5.41) is 25.3. The fourth-order valence-electron chi connectivity index (χ4n) is 4.26. The van der Waals surface area contributed by atoms with Crippen molar-refractivity contribution in [2.24, 2.45) is 5.73 Å². The molecular formula is C27H38N4O5. The van der Waals surface area contributed by atoms with Crippen molar-refractivity contribution in [2.75, 3.05) is 13.1 Å². The molecule has 0 bridgehead atoms. The van der Waals surface area contributed by atoms with E-state index in [2.05, 4.69) is 10.6 Å². The quantitative estimate of drug-likeness (QED) is 0.318. The van der Waals surface area contributed by atoms with Crippen LogP contribution in [0.5, 0.6) is 5.75 Å². The van der Waals surface area contributed by atoms with Crippen molar-refractivity contribution >= 4 is 17.9 Å². The number of hydrogen-bond acceptors (Lipinski definition) is 5. The molecule has 0 aliphatic carbocycles. The SMILES string of the molecule is Cc1cc(O)cc(C)c1C[C@@H](C(=O)NCCNC(=O)[C@@H](N)Cc1ccccc1)N(C(=O)O)C(C)(C)C. The van der Waals surface area contributed by atoms with E-state index < -0.39 is 29.6 Å². The molecule has 0 unspecified atom stereocenters. The zero-order chi connectivity index (χ0) is 27.0. The Morgan fingerprint density at radius 1 is 0.944 bits per heavy atom. The molecule has 9 nitrogen and oxygen atoms in total. The number of hydrogen-bond donors (Lipinski definition) is 5. The van der Waals surface area contributed by atoms with Crippen LogP contribution in [0.2, 0.25) is 0 Å². The smallest absolute Gasteiger partial charge is 0.408 e. The summed E-state index contributed by atoms with van der Waals surface area (Å²) >= 11 is 0. The van der Waals surface area contributed by atoms with Crippen LogP contribution in [-0.2, 0) is 22.4 Å². The normalized spacial score (nSPS) is 12.9. The summed E-state index contributed by atoms with van der Waals surface area (Å²) in [4.78, 5) is 38.9. The number of phenolic OH excluding ortho intramolecular Hbond substituents is 1. The minimum Gasteiger partial charge on any atom is -0.508 e. The lowest BCUT2D eigenvalue weighted by atomic mass is 9.92. The van der Waals surface area contributed by atoms with Crippen molar-refractivity contribution in [3.05, 3.63) is 64.7 Å². The number of carboxylic acid groups (broad SMARTS) is 1. The van der Waals surface area contributed by atoms with E-state index in [-0.39, 0.29) is 31.2 Å². The van der Waals surface area contributed by atoms with Crippen molar-refractivity contribution in [1.29, 1.82) is 0 Å². The second-order valence-electron chi connectivity index (χ2n) is 9.98. The van der Waals surface area contributed by atoms with Gasteiger partial charge in [-0.25, -0.2) is 4.79 Å². The number of rotatable bonds is 10. The zero-order valence-corrected chi connectivity index (χ0v) is 21.7. The zero-order valence-electron chi connectivity index (χ0n) is 21.7. The average Bonchev–Trinajstić information content (AvgIpc) is 2.77. The third-order valence-electron chi connectivity index (χ3n) is 5.98. The van der Waals surface area contributed by atoms with Crippen molar-refractivity contribution in [2.45, 2.75) is 65.1 Å². The van der Waals surface area contributed by atoms with Crippen LogP contribution in [0.4, 0.5) is 4.79 Å². The highest BCUT2D eigenvalue weighted by Crippen LogP contribution is 2.26. The molecule has 3 amide bonds. The van der Waals surface area contributed by atoms with Gasteiger partial charge in [0.1, 0.15) is 11.8 Å². The average molecular weight is 499 g/mol. The second-order valence-corrected chi connectivity index (χ2v) is 9.98. The maximum atomic E-state index is 13.2. The molecule has 0 radical (unpaired) electrons. The molecule has 2 rings (SSSR count). The van der Waals surface area contributed by atoms with Gasteiger partial charge in [-0.05, 0) is 75.4 Å². The lowest BCUT2D eigenvalue weighted by molar-refractivity contribution is -0.128. The lowest BCUT2D eigenvalue weighted by Crippen LogP contribution is -2.58. The number of aryl methyl sites for hydroxylation is 2. The number of phenols is 1. The van der Waals surface area contributed by atoms with Gasteiger partial charge in [-0.2, -0.15) is 0 Å². The number of nitrogens with two attached hydrogens (primary N) is 1. The Kier molecular flexibility index (Phi) is 9.86. The number of nitrogens with zero attached hydrogens (tertiary/aromatic N) is 1. The van der Waals surface area contributed by atoms with E-state index in [1.54, 1.807) is 32.9 Å². The van der Waals surface area contributed by atoms with Gasteiger partial charge < -0.3 is 26.6 Å². The number of aromatic hydroxyl groups is 1. The molecule has 6 N–H and O–H groups in total. The summed E-state index contributed by atoms with van der Waals surface area (Å²) in [6.45, 7) is 9.08. The fourth-order valence-corrected chi connectivity index (χ4v) is 4.26. The summed E-state index contributed by atoms with van der Waals surface area (Å²) < 4.78 is 0. The van der Waals surface area contributed by atoms with Crippen molar-refractivity contribution in [3.8, 4) is 5.75 Å². The molecule has 9 heteroatoms. The van der Waals surface area contributed by atoms with Crippen LogP contribution in [0, 0.1) is 13.8 Å². The second kappa shape index (κ2) is 12.4. The molecule has 2 atom stereocenters. The highest BCUT2D eigenvalue weighted by molar-refractivity contribution is 5.86. The molecule has 2 aromatic carbocycles. The van der Waals surface area contributed by atoms with Crippen LogP contribution >= 0.6 is 0 Å². The first kappa shape index (κ1) is 28.6. The molecule has 0 aliphatic rings. The van der Waals surface area contributed by atoms with Gasteiger partial charge in [0.2, 0.25) is 11.8 Å². The van der Waals surface area contributed by atoms with E-state index in [0.29, 0.717) is 6.42 Å². The molecule has 2 aromatic rings. The van der Waals surface area contributed by atoms with Crippen LogP contribution in [0.15, 0.2) is 42.5 Å². The topological polar surface area (TPSA) is 145 Å². The molecule has 0 saturated heterocycles. The van der Waals surface area contributed by atoms with Gasteiger partial charge in [0.15, 0.2) is 0 Å². The highest BCUT2D eigenvalue weighted by Gasteiger charge is 2.38. The van der Waals surface area contributed by atoms with Gasteiger partial charge in [-0.1, -0.05) is 30.3 Å². The maximum absolute atomic E-state index is 13.2. The van der Waals surface area contributed by atoms with Crippen LogP contribution in [0.25, 0.3) is 0 Å². The van der Waals surface area contributed by atoms with E-state index >= 15 is 0 Å². The van der Waals surface area contributed by atoms with Crippen LogP contribution < -0.4 is 16.4 Å². The third kappa shape index (κ3) is 7.98. The lowest BCUT2D eigenvalue weighted by Gasteiger charge is -2.39. The number of carbonyl (C=O) groups excluding carboxylic acids is 2. The molecule has 0 heterocycles. The van der Waals surface area contributed by atoms with Crippen molar-refractivity contribution in [1.82, 2.24) is 15.5 Å². The molecule has 0 aliphatic heterocycles. The van der Waals surface area contributed by atoms with Crippen molar-refractivity contribution in [3.63, 3.8) is 0 Å². The monoisotopic (exact) mass is 498 g/mol. The Balaban J connectivity index is 2.07. The first-order valence-corrected chi connectivity index (χ1v) is 12.0. The van der Waals surface area contributed by atoms with E-state index in [4.69, 9.17) is 5.73 Å². The number of benzene rings is 2. The standard InChI is InChI=1S/C27H38N4O5/c1-17-13-20(32)14-18(2)21(17)16-23(31(26(35)36)27(3,4)5)25(34)30-12-11-29-24(33)22(28)15-19-9-7-6-8-10-19/h6-10,13-14,22-23,32H,11-12,15-16,28H2,1-5H3,(H,29,33)(H,30,34)(H,35,36)/t22-,23-/m0/s1. The van der Waals surface area contributed by atoms with E-state index in [0.717, 1.165) is 27.2 Å². The predicted molar refractivity (Wildman–Crippen MR) is 139 cm³/mol. The molecule has 0 spiro atoms. The van der Waals surface area contributed by atoms with Gasteiger partial charge in [0, 0.05) is 25.0 Å². The van der Waals surface area contributed by atoms with Gasteiger partial charge in [0.25, 0.3) is 0 Å². The minimum absolute atomic E-state index is 0.113.